The molecule has 0 aliphatic rings. The number of aryl methyl sites for hydroxylation is 2. The first-order chi connectivity index (χ1) is 6.24. The molecule has 2 rings (SSSR count). The summed E-state index contributed by atoms with van der Waals surface area (Å²) in [5.41, 5.74) is 3.38. The lowest BCUT2D eigenvalue weighted by Crippen LogP contribution is -1.79. The van der Waals surface area contributed by atoms with Gasteiger partial charge < -0.3 is 0 Å². The van der Waals surface area contributed by atoms with Gasteiger partial charge >= 0.3 is 0 Å². The van der Waals surface area contributed by atoms with Crippen LogP contribution in [-0.2, 0) is 0 Å². The molecule has 0 N–H and O–H groups in total. The van der Waals surface area contributed by atoms with Crippen molar-refractivity contribution in [1.82, 2.24) is 0 Å². The van der Waals surface area contributed by atoms with E-state index in [0.717, 1.165) is 10.9 Å². The Kier molecular flexibility index (Phi) is 1.82. The SMILES string of the molecule is Cc1ccc2c(C#N)csc2c1C. The third kappa shape index (κ3) is 1.13. The van der Waals surface area contributed by atoms with Crippen LogP contribution < -0.4 is 0 Å². The Labute approximate surface area is 81.2 Å². The molecule has 0 atom stereocenters. The van der Waals surface area contributed by atoms with Crippen molar-refractivity contribution in [3.05, 3.63) is 34.2 Å². The summed E-state index contributed by atoms with van der Waals surface area (Å²) in [5, 5.41) is 11.9. The number of benzene rings is 1. The second kappa shape index (κ2) is 2.86. The number of hydrogen-bond donors (Lipinski definition) is 0. The fourth-order valence-electron chi connectivity index (χ4n) is 1.42. The summed E-state index contributed by atoms with van der Waals surface area (Å²) in [6.07, 6.45) is 0. The highest BCUT2D eigenvalue weighted by Gasteiger charge is 2.06. The van der Waals surface area contributed by atoms with Crippen LogP contribution in [0.4, 0.5) is 0 Å². The fourth-order valence-corrected chi connectivity index (χ4v) is 2.48. The van der Waals surface area contributed by atoms with Gasteiger partial charge in [-0.3, -0.25) is 0 Å². The maximum absolute atomic E-state index is 8.84. The van der Waals surface area contributed by atoms with Crippen molar-refractivity contribution in [3.8, 4) is 6.07 Å². The highest BCUT2D eigenvalue weighted by Crippen LogP contribution is 2.29. The Balaban J connectivity index is 2.91. The maximum atomic E-state index is 8.84. The zero-order valence-electron chi connectivity index (χ0n) is 7.59. The second-order valence-electron chi connectivity index (χ2n) is 3.15. The first kappa shape index (κ1) is 8.28. The molecule has 0 bridgehead atoms. The molecule has 13 heavy (non-hydrogen) atoms. The number of nitrogens with zero attached hydrogens (tertiary/aromatic N) is 1. The molecule has 2 heteroatoms. The first-order valence-electron chi connectivity index (χ1n) is 4.11. The second-order valence-corrected chi connectivity index (χ2v) is 4.02. The summed E-state index contributed by atoms with van der Waals surface area (Å²) in [6, 6.07) is 6.32. The van der Waals surface area contributed by atoms with Gasteiger partial charge in [-0.15, -0.1) is 11.3 Å². The third-order valence-electron chi connectivity index (χ3n) is 2.38. The molecule has 0 aliphatic heterocycles. The average molecular weight is 187 g/mol. The van der Waals surface area contributed by atoms with Gasteiger partial charge in [0, 0.05) is 15.5 Å². The molecular formula is C11H9NS. The van der Waals surface area contributed by atoms with Crippen molar-refractivity contribution in [1.29, 1.82) is 5.26 Å². The van der Waals surface area contributed by atoms with Crippen molar-refractivity contribution in [3.63, 3.8) is 0 Å². The predicted octanol–water partition coefficient (Wildman–Crippen LogP) is 3.39. The highest BCUT2D eigenvalue weighted by molar-refractivity contribution is 7.17. The van der Waals surface area contributed by atoms with E-state index in [0.29, 0.717) is 0 Å². The zero-order valence-corrected chi connectivity index (χ0v) is 8.40. The molecular weight excluding hydrogens is 178 g/mol. The van der Waals surface area contributed by atoms with E-state index in [2.05, 4.69) is 26.0 Å². The van der Waals surface area contributed by atoms with Gasteiger partial charge in [-0.05, 0) is 25.0 Å². The summed E-state index contributed by atoms with van der Waals surface area (Å²) >= 11 is 1.66. The lowest BCUT2D eigenvalue weighted by atomic mass is 10.1. The fraction of sp³-hybridized carbons (Fsp3) is 0.182. The summed E-state index contributed by atoms with van der Waals surface area (Å²) in [6.45, 7) is 4.20. The minimum Gasteiger partial charge on any atom is -0.192 e. The largest absolute Gasteiger partial charge is 0.192 e. The van der Waals surface area contributed by atoms with Gasteiger partial charge in [0.1, 0.15) is 6.07 Å². The molecule has 0 aliphatic carbocycles. The first-order valence-corrected chi connectivity index (χ1v) is 4.99. The maximum Gasteiger partial charge on any atom is 0.101 e. The van der Waals surface area contributed by atoms with E-state index in [1.807, 2.05) is 11.4 Å². The van der Waals surface area contributed by atoms with Gasteiger partial charge in [0.05, 0.1) is 5.56 Å². The van der Waals surface area contributed by atoms with Crippen LogP contribution in [0, 0.1) is 25.2 Å². The van der Waals surface area contributed by atoms with E-state index < -0.39 is 0 Å². The molecule has 0 spiro atoms. The molecule has 64 valence electrons. The van der Waals surface area contributed by atoms with Crippen LogP contribution >= 0.6 is 11.3 Å². The van der Waals surface area contributed by atoms with Gasteiger partial charge in [-0.2, -0.15) is 5.26 Å². The molecule has 0 saturated heterocycles. The molecule has 0 unspecified atom stereocenters. The van der Waals surface area contributed by atoms with E-state index in [1.54, 1.807) is 11.3 Å². The zero-order chi connectivity index (χ0) is 9.42. The molecule has 0 fully saturated rings. The van der Waals surface area contributed by atoms with E-state index in [9.17, 15) is 0 Å². The number of thiophene rings is 1. The van der Waals surface area contributed by atoms with Crippen LogP contribution in [0.25, 0.3) is 10.1 Å². The molecule has 0 amide bonds. The quantitative estimate of drug-likeness (QED) is 0.620. The molecule has 1 heterocycles. The minimum absolute atomic E-state index is 0.795. The van der Waals surface area contributed by atoms with E-state index >= 15 is 0 Å². The Morgan fingerprint density at radius 3 is 2.77 bits per heavy atom. The molecule has 1 nitrogen and oxygen atoms in total. The van der Waals surface area contributed by atoms with Gasteiger partial charge in [0.15, 0.2) is 0 Å². The Hall–Kier alpha value is -1.33. The lowest BCUT2D eigenvalue weighted by molar-refractivity contribution is 1.39. The molecule has 1 aromatic heterocycles. The summed E-state index contributed by atoms with van der Waals surface area (Å²) in [5.74, 6) is 0. The van der Waals surface area contributed by atoms with Crippen molar-refractivity contribution >= 4 is 21.4 Å². The molecule has 0 radical (unpaired) electrons. The normalized spacial score (nSPS) is 10.2. The van der Waals surface area contributed by atoms with Gasteiger partial charge in [0.25, 0.3) is 0 Å². The number of rotatable bonds is 0. The third-order valence-corrected chi connectivity index (χ3v) is 3.50. The number of hydrogen-bond acceptors (Lipinski definition) is 2. The van der Waals surface area contributed by atoms with E-state index in [-0.39, 0.29) is 0 Å². The van der Waals surface area contributed by atoms with Crippen molar-refractivity contribution in [2.75, 3.05) is 0 Å². The van der Waals surface area contributed by atoms with E-state index in [1.165, 1.54) is 15.8 Å². The molecule has 0 saturated carbocycles. The van der Waals surface area contributed by atoms with Gasteiger partial charge in [-0.1, -0.05) is 12.1 Å². The van der Waals surface area contributed by atoms with Crippen molar-refractivity contribution < 1.29 is 0 Å². The smallest absolute Gasteiger partial charge is 0.101 e. The van der Waals surface area contributed by atoms with Crippen LogP contribution in [0.3, 0.4) is 0 Å². The van der Waals surface area contributed by atoms with Crippen LogP contribution in [0.5, 0.6) is 0 Å². The highest BCUT2D eigenvalue weighted by atomic mass is 32.1. The monoisotopic (exact) mass is 187 g/mol. The summed E-state index contributed by atoms with van der Waals surface area (Å²) < 4.78 is 1.25. The molecule has 2 aromatic rings. The number of fused-ring (bicyclic) bond motifs is 1. The van der Waals surface area contributed by atoms with Crippen LogP contribution in [0.2, 0.25) is 0 Å². The lowest BCUT2D eigenvalue weighted by Gasteiger charge is -1.99. The Bertz CT molecular complexity index is 503. The predicted molar refractivity (Wildman–Crippen MR) is 56.0 cm³/mol. The topological polar surface area (TPSA) is 23.8 Å². The molecule has 1 aromatic carbocycles. The van der Waals surface area contributed by atoms with Crippen LogP contribution in [-0.4, -0.2) is 0 Å². The summed E-state index contributed by atoms with van der Waals surface area (Å²) in [7, 11) is 0. The Morgan fingerprint density at radius 1 is 1.31 bits per heavy atom. The number of nitriles is 1. The van der Waals surface area contributed by atoms with Crippen LogP contribution in [0.15, 0.2) is 17.5 Å². The van der Waals surface area contributed by atoms with Gasteiger partial charge in [0.2, 0.25) is 0 Å². The standard InChI is InChI=1S/C11H9NS/c1-7-3-4-10-9(5-12)6-13-11(10)8(7)2/h3-4,6H,1-2H3. The van der Waals surface area contributed by atoms with Crippen molar-refractivity contribution in [2.24, 2.45) is 0 Å². The van der Waals surface area contributed by atoms with Gasteiger partial charge in [-0.25, -0.2) is 0 Å². The summed E-state index contributed by atoms with van der Waals surface area (Å²) in [4.78, 5) is 0. The Morgan fingerprint density at radius 2 is 2.08 bits per heavy atom. The van der Waals surface area contributed by atoms with E-state index in [4.69, 9.17) is 5.26 Å². The van der Waals surface area contributed by atoms with Crippen molar-refractivity contribution in [2.45, 2.75) is 13.8 Å². The average Bonchev–Trinajstić information content (AvgIpc) is 2.55. The minimum atomic E-state index is 0.795. The van der Waals surface area contributed by atoms with Crippen LogP contribution in [0.1, 0.15) is 16.7 Å².